The molecule has 0 aliphatic heterocycles. The van der Waals surface area contributed by atoms with Crippen molar-refractivity contribution in [2.75, 3.05) is 19.7 Å². The monoisotopic (exact) mass is 889 g/mol. The Kier molecular flexibility index (Phi) is 20.9. The number of carbonyl (C=O) groups excluding carboxylic acids is 6. The van der Waals surface area contributed by atoms with Gasteiger partial charge in [-0.05, 0) is 60.2 Å². The summed E-state index contributed by atoms with van der Waals surface area (Å²) in [6, 6.07) is 14.6. The molecule has 0 radical (unpaired) electrons. The lowest BCUT2D eigenvalue weighted by atomic mass is 9.95. The first-order chi connectivity index (χ1) is 30.4. The third-order valence-electron chi connectivity index (χ3n) is 10.1. The number of hydrogen-bond donors (Lipinski definition) is 12. The summed E-state index contributed by atoms with van der Waals surface area (Å²) in [6.07, 6.45) is 2.48. The van der Waals surface area contributed by atoms with E-state index in [-0.39, 0.29) is 43.2 Å². The summed E-state index contributed by atoms with van der Waals surface area (Å²) in [4.78, 5) is 90.5. The first kappa shape index (κ1) is 51.5. The van der Waals surface area contributed by atoms with Crippen molar-refractivity contribution in [3.05, 3.63) is 102 Å². The third kappa shape index (κ3) is 17.9. The zero-order valence-electron chi connectivity index (χ0n) is 35.9. The largest absolute Gasteiger partial charge is 0.508 e. The van der Waals surface area contributed by atoms with Gasteiger partial charge >= 0.3 is 5.97 Å². The molecule has 3 rings (SSSR count). The van der Waals surface area contributed by atoms with Gasteiger partial charge in [0.25, 0.3) is 0 Å². The van der Waals surface area contributed by atoms with Crippen molar-refractivity contribution >= 4 is 47.5 Å². The van der Waals surface area contributed by atoms with Crippen LogP contribution in [0.25, 0.3) is 6.08 Å². The molecular formula is C45H59N7O12. The van der Waals surface area contributed by atoms with Crippen LogP contribution in [-0.4, -0.2) is 123 Å². The topological polar surface area (TPSA) is 319 Å². The van der Waals surface area contributed by atoms with E-state index in [4.69, 9.17) is 5.73 Å². The number of carboxylic acid groups (broad SMARTS) is 1. The van der Waals surface area contributed by atoms with Crippen molar-refractivity contribution in [1.29, 1.82) is 0 Å². The van der Waals surface area contributed by atoms with Gasteiger partial charge in [-0.1, -0.05) is 80.6 Å². The summed E-state index contributed by atoms with van der Waals surface area (Å²) < 4.78 is 0. The molecule has 8 unspecified atom stereocenters. The third-order valence-corrected chi connectivity index (χ3v) is 10.1. The quantitative estimate of drug-likeness (QED) is 0.0517. The molecule has 0 aliphatic carbocycles. The zero-order chi connectivity index (χ0) is 47.3. The molecule has 346 valence electrons. The molecule has 0 aliphatic rings. The number of rotatable bonds is 25. The highest BCUT2D eigenvalue weighted by atomic mass is 16.4. The van der Waals surface area contributed by atoms with Crippen LogP contribution in [0.3, 0.4) is 0 Å². The SMILES string of the molecule is CC(CNC(=O)CNC(=O)C(Cc1ccc(O)cc1)NC(=O)C(NC(=O)C(CO)NC(=O)CC(N)C(C)CC=Cc1ccccc1)C(C)O)C(=O)NC(Cc1ccc(O)cc1)C(=O)O. The molecule has 3 aromatic carbocycles. The minimum Gasteiger partial charge on any atom is -0.508 e. The Morgan fingerprint density at radius 1 is 0.656 bits per heavy atom. The number of carboxylic acids is 1. The van der Waals surface area contributed by atoms with Gasteiger partial charge < -0.3 is 63.2 Å². The summed E-state index contributed by atoms with van der Waals surface area (Å²) in [5, 5.41) is 63.8. The molecule has 64 heavy (non-hydrogen) atoms. The Morgan fingerprint density at radius 2 is 1.22 bits per heavy atom. The summed E-state index contributed by atoms with van der Waals surface area (Å²) >= 11 is 0. The highest BCUT2D eigenvalue weighted by Crippen LogP contribution is 2.15. The summed E-state index contributed by atoms with van der Waals surface area (Å²) in [5.41, 5.74) is 8.28. The van der Waals surface area contributed by atoms with Crippen LogP contribution in [0.15, 0.2) is 84.9 Å². The fourth-order valence-corrected chi connectivity index (χ4v) is 6.11. The number of aliphatic hydroxyl groups excluding tert-OH is 2. The number of carbonyl (C=O) groups is 7. The van der Waals surface area contributed by atoms with Crippen LogP contribution in [-0.2, 0) is 46.4 Å². The number of allylic oxidation sites excluding steroid dienone is 1. The minimum absolute atomic E-state index is 0.00678. The maximum absolute atomic E-state index is 13.6. The summed E-state index contributed by atoms with van der Waals surface area (Å²) in [6.45, 7) is 2.81. The van der Waals surface area contributed by atoms with Crippen LogP contribution in [0.2, 0.25) is 0 Å². The van der Waals surface area contributed by atoms with Crippen molar-refractivity contribution < 1.29 is 59.1 Å². The predicted octanol–water partition coefficient (Wildman–Crippen LogP) is -0.395. The standard InChI is InChI=1S/C45H59N7O12/c1-26(8-7-11-29-9-5-4-6-10-29)34(46)22-38(57)49-37(25-53)43(61)52-40(28(3)54)44(62)50-35(20-30-12-16-32(55)17-13-30)42(60)48-24-39(58)47-23-27(2)41(59)51-36(45(63)64)21-31-14-18-33(56)19-15-31/h4-7,9-19,26-28,34-37,40,53-56H,8,20-25,46H2,1-3H3,(H,47,58)(H,48,60)(H,49,57)(H,50,62)(H,51,59)(H,52,61)(H,63,64). The zero-order valence-corrected chi connectivity index (χ0v) is 35.9. The van der Waals surface area contributed by atoms with E-state index in [1.807, 2.05) is 49.4 Å². The predicted molar refractivity (Wildman–Crippen MR) is 235 cm³/mol. The van der Waals surface area contributed by atoms with Crippen LogP contribution in [0.1, 0.15) is 50.3 Å². The molecular weight excluding hydrogens is 831 g/mol. The average Bonchev–Trinajstić information content (AvgIpc) is 3.26. The number of hydrogen-bond acceptors (Lipinski definition) is 12. The first-order valence-electron chi connectivity index (χ1n) is 20.7. The Morgan fingerprint density at radius 3 is 1.77 bits per heavy atom. The van der Waals surface area contributed by atoms with Crippen LogP contribution in [0, 0.1) is 11.8 Å². The van der Waals surface area contributed by atoms with E-state index < -0.39 is 96.8 Å². The molecule has 3 aromatic rings. The lowest BCUT2D eigenvalue weighted by Gasteiger charge is -2.26. The second-order valence-corrected chi connectivity index (χ2v) is 15.5. The fraction of sp³-hybridized carbons (Fsp3) is 0.400. The van der Waals surface area contributed by atoms with E-state index in [9.17, 15) is 59.1 Å². The van der Waals surface area contributed by atoms with Gasteiger partial charge in [0.05, 0.1) is 25.2 Å². The van der Waals surface area contributed by atoms with Gasteiger partial charge in [-0.25, -0.2) is 4.79 Å². The van der Waals surface area contributed by atoms with E-state index in [0.717, 1.165) is 5.56 Å². The lowest BCUT2D eigenvalue weighted by molar-refractivity contribution is -0.142. The van der Waals surface area contributed by atoms with Crippen LogP contribution < -0.4 is 37.6 Å². The fourth-order valence-electron chi connectivity index (χ4n) is 6.11. The number of benzene rings is 3. The molecule has 0 aromatic heterocycles. The minimum atomic E-state index is -1.69. The summed E-state index contributed by atoms with van der Waals surface area (Å²) in [5.74, 6) is -7.33. The van der Waals surface area contributed by atoms with Crippen molar-refractivity contribution in [2.45, 2.75) is 82.8 Å². The number of nitrogens with two attached hydrogens (primary N) is 1. The Labute approximate surface area is 370 Å². The van der Waals surface area contributed by atoms with Crippen LogP contribution in [0.5, 0.6) is 11.5 Å². The van der Waals surface area contributed by atoms with Gasteiger partial charge in [0.15, 0.2) is 0 Å². The molecule has 0 saturated heterocycles. The van der Waals surface area contributed by atoms with Gasteiger partial charge in [-0.3, -0.25) is 28.8 Å². The highest BCUT2D eigenvalue weighted by molar-refractivity contribution is 5.95. The molecule has 0 saturated carbocycles. The maximum atomic E-state index is 13.6. The normalized spacial score (nSPS) is 14.9. The molecule has 8 atom stereocenters. The van der Waals surface area contributed by atoms with Crippen molar-refractivity contribution in [1.82, 2.24) is 31.9 Å². The average molecular weight is 890 g/mol. The smallest absolute Gasteiger partial charge is 0.326 e. The Hall–Kier alpha value is -6.83. The number of aliphatic carboxylic acids is 1. The Balaban J connectivity index is 1.58. The van der Waals surface area contributed by atoms with Crippen molar-refractivity contribution in [3.63, 3.8) is 0 Å². The number of nitrogens with one attached hydrogen (secondary N) is 6. The van der Waals surface area contributed by atoms with Gasteiger partial charge in [0.2, 0.25) is 35.4 Å². The van der Waals surface area contributed by atoms with Gasteiger partial charge in [-0.15, -0.1) is 0 Å². The van der Waals surface area contributed by atoms with Crippen molar-refractivity contribution in [2.24, 2.45) is 17.6 Å². The number of amides is 6. The Bertz CT molecular complexity index is 2050. The molecule has 13 N–H and O–H groups in total. The first-order valence-corrected chi connectivity index (χ1v) is 20.7. The number of phenolic OH excluding ortho intramolecular Hbond substituents is 2. The second kappa shape index (κ2) is 25.9. The van der Waals surface area contributed by atoms with Gasteiger partial charge in [0.1, 0.15) is 35.7 Å². The molecule has 0 heterocycles. The van der Waals surface area contributed by atoms with E-state index in [1.54, 1.807) is 0 Å². The summed E-state index contributed by atoms with van der Waals surface area (Å²) in [7, 11) is 0. The van der Waals surface area contributed by atoms with E-state index in [1.165, 1.54) is 62.4 Å². The lowest BCUT2D eigenvalue weighted by Crippen LogP contribution is -2.60. The number of aliphatic hydroxyl groups is 2. The number of phenols is 2. The van der Waals surface area contributed by atoms with Crippen molar-refractivity contribution in [3.8, 4) is 11.5 Å². The van der Waals surface area contributed by atoms with E-state index >= 15 is 0 Å². The number of aromatic hydroxyl groups is 2. The van der Waals surface area contributed by atoms with E-state index in [0.29, 0.717) is 17.5 Å². The van der Waals surface area contributed by atoms with Gasteiger partial charge in [-0.2, -0.15) is 0 Å². The molecule has 6 amide bonds. The molecule has 0 fully saturated rings. The molecule has 0 bridgehead atoms. The van der Waals surface area contributed by atoms with Gasteiger partial charge in [0, 0.05) is 31.8 Å². The molecule has 0 spiro atoms. The van der Waals surface area contributed by atoms with E-state index in [2.05, 4.69) is 31.9 Å². The van der Waals surface area contributed by atoms with Crippen LogP contribution in [0.4, 0.5) is 0 Å². The second-order valence-electron chi connectivity index (χ2n) is 15.5. The molecule has 19 nitrogen and oxygen atoms in total. The molecule has 19 heteroatoms. The highest BCUT2D eigenvalue weighted by Gasteiger charge is 2.33. The van der Waals surface area contributed by atoms with Crippen LogP contribution >= 0.6 is 0 Å². The maximum Gasteiger partial charge on any atom is 0.326 e.